The highest BCUT2D eigenvalue weighted by molar-refractivity contribution is 5.85. The van der Waals surface area contributed by atoms with Gasteiger partial charge in [-0.3, -0.25) is 10.2 Å². The van der Waals surface area contributed by atoms with Crippen LogP contribution in [0.25, 0.3) is 0 Å². The van der Waals surface area contributed by atoms with E-state index < -0.39 is 35.5 Å². The number of halogens is 2. The number of nitrogens with two attached hydrogens (primary N) is 1. The lowest BCUT2D eigenvalue weighted by molar-refractivity contribution is -0.141. The van der Waals surface area contributed by atoms with E-state index >= 15 is 0 Å². The number of primary amides is 1. The van der Waals surface area contributed by atoms with Crippen LogP contribution in [0.2, 0.25) is 0 Å². The first-order valence-corrected chi connectivity index (χ1v) is 7.72. The van der Waals surface area contributed by atoms with E-state index in [1.807, 2.05) is 4.90 Å². The molecule has 0 saturated carbocycles. The molecule has 9 heteroatoms. The van der Waals surface area contributed by atoms with Crippen molar-refractivity contribution in [2.75, 3.05) is 19.6 Å². The van der Waals surface area contributed by atoms with Crippen molar-refractivity contribution in [3.05, 3.63) is 35.4 Å². The van der Waals surface area contributed by atoms with Crippen molar-refractivity contribution in [2.24, 2.45) is 11.7 Å². The van der Waals surface area contributed by atoms with E-state index in [0.29, 0.717) is 19.5 Å². The van der Waals surface area contributed by atoms with Gasteiger partial charge in [0.25, 0.3) is 0 Å². The summed E-state index contributed by atoms with van der Waals surface area (Å²) in [6, 6.07) is 3.15. The topological polar surface area (TPSA) is 117 Å². The molecule has 1 aliphatic heterocycles. The van der Waals surface area contributed by atoms with Crippen molar-refractivity contribution in [3.8, 4) is 0 Å². The molecule has 1 aromatic carbocycles. The maximum atomic E-state index is 14.0. The fraction of sp³-hybridized carbons (Fsp3) is 0.438. The first-order chi connectivity index (χ1) is 11.8. The highest BCUT2D eigenvalue weighted by Gasteiger charge is 2.39. The number of carbonyl (C=O) groups excluding carboxylic acids is 1. The third-order valence-electron chi connectivity index (χ3n) is 4.18. The second-order valence-electron chi connectivity index (χ2n) is 5.92. The van der Waals surface area contributed by atoms with E-state index in [2.05, 4.69) is 4.74 Å². The van der Waals surface area contributed by atoms with Crippen LogP contribution in [0.3, 0.4) is 0 Å². The molecule has 1 saturated heterocycles. The number of nitrogens with zero attached hydrogens (tertiary/aromatic N) is 1. The standard InChI is InChI=1S/C16H19F2N3O4/c17-9-3-4-10(13(18)6-9)11-7-21(8-12(11)15(22)23)5-1-2-14(19)25-16(20)24/h3-4,6,11-12,19H,1-2,5,7-8H2,(H2,20,24)(H,22,23)/t11-,12+/m0/s1. The molecule has 0 aliphatic carbocycles. The number of carboxylic acid groups (broad SMARTS) is 1. The van der Waals surface area contributed by atoms with Gasteiger partial charge in [0.2, 0.25) is 0 Å². The zero-order valence-electron chi connectivity index (χ0n) is 13.4. The molecule has 1 fully saturated rings. The van der Waals surface area contributed by atoms with Crippen molar-refractivity contribution in [1.82, 2.24) is 4.90 Å². The van der Waals surface area contributed by atoms with E-state index in [0.717, 1.165) is 12.1 Å². The molecule has 25 heavy (non-hydrogen) atoms. The maximum absolute atomic E-state index is 14.0. The molecule has 136 valence electrons. The van der Waals surface area contributed by atoms with Gasteiger partial charge in [0.05, 0.1) is 5.92 Å². The Hall–Kier alpha value is -2.55. The molecule has 1 heterocycles. The van der Waals surface area contributed by atoms with Crippen LogP contribution in [-0.2, 0) is 9.53 Å². The summed E-state index contributed by atoms with van der Waals surface area (Å²) in [5.74, 6) is -4.16. The number of carboxylic acids is 1. The minimum atomic E-state index is -1.05. The van der Waals surface area contributed by atoms with Gasteiger partial charge in [0.15, 0.2) is 5.90 Å². The normalized spacial score (nSPS) is 20.4. The van der Waals surface area contributed by atoms with Crippen molar-refractivity contribution in [3.63, 3.8) is 0 Å². The number of carbonyl (C=O) groups is 2. The molecule has 2 atom stereocenters. The van der Waals surface area contributed by atoms with Crippen LogP contribution in [0.1, 0.15) is 24.3 Å². The van der Waals surface area contributed by atoms with Gasteiger partial charge in [0, 0.05) is 31.5 Å². The SMILES string of the molecule is N=C(CCCN1C[C@@H](C(=O)O)[C@H](c2ccc(F)cc2F)C1)OC(N)=O. The number of amides is 1. The number of hydrogen-bond donors (Lipinski definition) is 3. The van der Waals surface area contributed by atoms with Gasteiger partial charge >= 0.3 is 12.1 Å². The maximum Gasteiger partial charge on any atom is 0.411 e. The Morgan fingerprint density at radius 2 is 2.08 bits per heavy atom. The quantitative estimate of drug-likeness (QED) is 0.532. The van der Waals surface area contributed by atoms with Gasteiger partial charge in [0.1, 0.15) is 11.6 Å². The average molecular weight is 355 g/mol. The van der Waals surface area contributed by atoms with E-state index in [-0.39, 0.29) is 24.4 Å². The van der Waals surface area contributed by atoms with Crippen LogP contribution in [0.4, 0.5) is 13.6 Å². The Balaban J connectivity index is 1.99. The Bertz CT molecular complexity index is 683. The van der Waals surface area contributed by atoms with Gasteiger partial charge < -0.3 is 20.5 Å². The predicted molar refractivity (Wildman–Crippen MR) is 84.3 cm³/mol. The third kappa shape index (κ3) is 4.96. The summed E-state index contributed by atoms with van der Waals surface area (Å²) in [4.78, 5) is 23.8. The lowest BCUT2D eigenvalue weighted by Gasteiger charge is -2.16. The molecule has 0 radical (unpaired) electrons. The lowest BCUT2D eigenvalue weighted by atomic mass is 9.88. The Morgan fingerprint density at radius 3 is 2.68 bits per heavy atom. The molecular formula is C16H19F2N3O4. The number of ether oxygens (including phenoxy) is 1. The summed E-state index contributed by atoms with van der Waals surface area (Å²) in [5.41, 5.74) is 4.99. The number of likely N-dealkylation sites (tertiary alicyclic amines) is 1. The Labute approximate surface area is 142 Å². The molecule has 0 bridgehead atoms. The predicted octanol–water partition coefficient (Wildman–Crippen LogP) is 1.92. The number of rotatable bonds is 6. The molecule has 0 unspecified atom stereocenters. The molecule has 0 aromatic heterocycles. The minimum absolute atomic E-state index is 0.173. The number of benzene rings is 1. The van der Waals surface area contributed by atoms with Gasteiger partial charge in [-0.05, 0) is 24.6 Å². The summed E-state index contributed by atoms with van der Waals surface area (Å²) in [6.45, 7) is 0.984. The van der Waals surface area contributed by atoms with Gasteiger partial charge in [-0.25, -0.2) is 13.6 Å². The molecule has 7 nitrogen and oxygen atoms in total. The number of aliphatic carboxylic acids is 1. The second-order valence-corrected chi connectivity index (χ2v) is 5.92. The van der Waals surface area contributed by atoms with E-state index in [9.17, 15) is 23.5 Å². The highest BCUT2D eigenvalue weighted by Crippen LogP contribution is 2.34. The van der Waals surface area contributed by atoms with Crippen molar-refractivity contribution in [2.45, 2.75) is 18.8 Å². The highest BCUT2D eigenvalue weighted by atomic mass is 19.1. The van der Waals surface area contributed by atoms with Gasteiger partial charge in [-0.1, -0.05) is 6.07 Å². The molecular weight excluding hydrogens is 336 g/mol. The third-order valence-corrected chi connectivity index (χ3v) is 4.18. The van der Waals surface area contributed by atoms with E-state index in [1.54, 1.807) is 0 Å². The average Bonchev–Trinajstić information content (AvgIpc) is 2.90. The molecule has 4 N–H and O–H groups in total. The monoisotopic (exact) mass is 355 g/mol. The van der Waals surface area contributed by atoms with E-state index in [4.69, 9.17) is 11.1 Å². The van der Waals surface area contributed by atoms with Crippen LogP contribution in [-0.4, -0.2) is 47.6 Å². The van der Waals surface area contributed by atoms with Crippen LogP contribution < -0.4 is 5.73 Å². The Morgan fingerprint density at radius 1 is 1.36 bits per heavy atom. The summed E-state index contributed by atoms with van der Waals surface area (Å²) < 4.78 is 31.5. The molecule has 1 aromatic rings. The summed E-state index contributed by atoms with van der Waals surface area (Å²) >= 11 is 0. The van der Waals surface area contributed by atoms with Crippen molar-refractivity contribution < 1.29 is 28.2 Å². The summed E-state index contributed by atoms with van der Waals surface area (Å²) in [6.07, 6.45) is -0.423. The summed E-state index contributed by atoms with van der Waals surface area (Å²) in [5, 5.41) is 16.8. The van der Waals surface area contributed by atoms with Crippen molar-refractivity contribution >= 4 is 18.0 Å². The number of nitrogens with one attached hydrogen (secondary N) is 1. The number of hydrogen-bond acceptors (Lipinski definition) is 5. The zero-order chi connectivity index (χ0) is 18.6. The smallest absolute Gasteiger partial charge is 0.411 e. The van der Waals surface area contributed by atoms with Crippen LogP contribution in [0.15, 0.2) is 18.2 Å². The second kappa shape index (κ2) is 8.02. The molecule has 0 spiro atoms. The Kier molecular flexibility index (Phi) is 6.02. The van der Waals surface area contributed by atoms with Crippen molar-refractivity contribution in [1.29, 1.82) is 5.41 Å². The minimum Gasteiger partial charge on any atom is -0.481 e. The first kappa shape index (κ1) is 18.8. The summed E-state index contributed by atoms with van der Waals surface area (Å²) in [7, 11) is 0. The van der Waals surface area contributed by atoms with Crippen LogP contribution in [0.5, 0.6) is 0 Å². The fourth-order valence-corrected chi connectivity index (χ4v) is 3.07. The molecule has 2 rings (SSSR count). The van der Waals surface area contributed by atoms with Gasteiger partial charge in [-0.2, -0.15) is 0 Å². The van der Waals surface area contributed by atoms with Crippen LogP contribution >= 0.6 is 0 Å². The molecule has 1 amide bonds. The fourth-order valence-electron chi connectivity index (χ4n) is 3.07. The largest absolute Gasteiger partial charge is 0.481 e. The zero-order valence-corrected chi connectivity index (χ0v) is 13.4. The van der Waals surface area contributed by atoms with Crippen LogP contribution in [0, 0.1) is 23.0 Å². The first-order valence-electron chi connectivity index (χ1n) is 7.72. The van der Waals surface area contributed by atoms with E-state index in [1.165, 1.54) is 6.07 Å². The van der Waals surface area contributed by atoms with Gasteiger partial charge in [-0.15, -0.1) is 0 Å². The lowest BCUT2D eigenvalue weighted by Crippen LogP contribution is -2.25. The molecule has 1 aliphatic rings.